The number of rotatable bonds is 5. The molecule has 31 heavy (non-hydrogen) atoms. The van der Waals surface area contributed by atoms with Gasteiger partial charge in [-0.3, -0.25) is 5.43 Å². The summed E-state index contributed by atoms with van der Waals surface area (Å²) in [6.45, 7) is 0. The van der Waals surface area contributed by atoms with E-state index in [1.54, 1.807) is 10.9 Å². The van der Waals surface area contributed by atoms with Crippen LogP contribution in [0.2, 0.25) is 5.02 Å². The van der Waals surface area contributed by atoms with E-state index in [1.165, 1.54) is 12.3 Å². The molecule has 4 rings (SSSR count). The predicted molar refractivity (Wildman–Crippen MR) is 117 cm³/mol. The fourth-order valence-electron chi connectivity index (χ4n) is 2.97. The zero-order valence-corrected chi connectivity index (χ0v) is 16.8. The van der Waals surface area contributed by atoms with Gasteiger partial charge in [0.1, 0.15) is 5.69 Å². The molecular weight excluding hydrogens is 425 g/mol. The molecule has 4 nitrogen and oxygen atoms in total. The number of hydrogen-bond donors (Lipinski definition) is 1. The van der Waals surface area contributed by atoms with Gasteiger partial charge in [-0.2, -0.15) is 23.4 Å². The summed E-state index contributed by atoms with van der Waals surface area (Å²) in [4.78, 5) is 0. The molecular formula is C23H16ClF3N4. The first-order valence-corrected chi connectivity index (χ1v) is 9.66. The van der Waals surface area contributed by atoms with Crippen LogP contribution in [0.1, 0.15) is 11.1 Å². The number of aromatic nitrogens is 2. The molecule has 3 aromatic carbocycles. The number of hydrogen-bond acceptors (Lipinski definition) is 3. The molecule has 0 bridgehead atoms. The number of nitrogens with zero attached hydrogens (tertiary/aromatic N) is 3. The van der Waals surface area contributed by atoms with Crippen LogP contribution >= 0.6 is 11.6 Å². The molecule has 0 unspecified atom stereocenters. The Kier molecular flexibility index (Phi) is 5.77. The van der Waals surface area contributed by atoms with Gasteiger partial charge in [-0.25, -0.2) is 4.68 Å². The van der Waals surface area contributed by atoms with Crippen molar-refractivity contribution in [2.45, 2.75) is 6.18 Å². The second-order valence-corrected chi connectivity index (χ2v) is 7.05. The van der Waals surface area contributed by atoms with E-state index in [4.69, 9.17) is 11.6 Å². The van der Waals surface area contributed by atoms with Gasteiger partial charge in [0.2, 0.25) is 0 Å². The van der Waals surface area contributed by atoms with Crippen molar-refractivity contribution in [1.29, 1.82) is 0 Å². The molecule has 8 heteroatoms. The lowest BCUT2D eigenvalue weighted by atomic mass is 10.1. The van der Waals surface area contributed by atoms with Crippen LogP contribution in [0.4, 0.5) is 18.9 Å². The van der Waals surface area contributed by atoms with Gasteiger partial charge in [0, 0.05) is 17.3 Å². The first-order valence-electron chi connectivity index (χ1n) is 9.28. The largest absolute Gasteiger partial charge is 0.416 e. The summed E-state index contributed by atoms with van der Waals surface area (Å²) in [5, 5.41) is 8.90. The van der Waals surface area contributed by atoms with Gasteiger partial charge in [0.05, 0.1) is 28.2 Å². The summed E-state index contributed by atoms with van der Waals surface area (Å²) in [6.07, 6.45) is -1.16. The second kappa shape index (κ2) is 8.65. The summed E-state index contributed by atoms with van der Waals surface area (Å²) < 4.78 is 40.6. The van der Waals surface area contributed by atoms with Gasteiger partial charge in [0.15, 0.2) is 0 Å². The number of anilines is 1. The SMILES string of the molecule is FC(F)(F)c1ccc(Cl)c(N/N=C/c2cn(-c3ccccc3)nc2-c2ccccc2)c1. The Morgan fingerprint density at radius 2 is 1.61 bits per heavy atom. The maximum absolute atomic E-state index is 13.0. The van der Waals surface area contributed by atoms with E-state index in [0.29, 0.717) is 11.3 Å². The molecule has 0 saturated heterocycles. The first-order chi connectivity index (χ1) is 14.9. The van der Waals surface area contributed by atoms with E-state index < -0.39 is 11.7 Å². The number of alkyl halides is 3. The zero-order chi connectivity index (χ0) is 21.8. The summed E-state index contributed by atoms with van der Waals surface area (Å²) >= 11 is 6.02. The van der Waals surface area contributed by atoms with E-state index in [0.717, 1.165) is 23.4 Å². The van der Waals surface area contributed by atoms with Crippen LogP contribution in [0.15, 0.2) is 90.2 Å². The van der Waals surface area contributed by atoms with E-state index >= 15 is 0 Å². The van der Waals surface area contributed by atoms with Crippen LogP contribution in [0, 0.1) is 0 Å². The molecule has 1 N–H and O–H groups in total. The number of halogens is 4. The highest BCUT2D eigenvalue weighted by Crippen LogP contribution is 2.33. The average Bonchev–Trinajstić information content (AvgIpc) is 3.20. The normalized spacial score (nSPS) is 11.7. The van der Waals surface area contributed by atoms with Crippen LogP contribution in [0.5, 0.6) is 0 Å². The van der Waals surface area contributed by atoms with Crippen molar-refractivity contribution in [3.63, 3.8) is 0 Å². The van der Waals surface area contributed by atoms with E-state index in [1.807, 2.05) is 60.7 Å². The van der Waals surface area contributed by atoms with Gasteiger partial charge in [-0.05, 0) is 30.3 Å². The fourth-order valence-corrected chi connectivity index (χ4v) is 3.13. The van der Waals surface area contributed by atoms with Crippen molar-refractivity contribution in [1.82, 2.24) is 9.78 Å². The topological polar surface area (TPSA) is 42.2 Å². The summed E-state index contributed by atoms with van der Waals surface area (Å²) in [6, 6.07) is 22.2. The minimum atomic E-state index is -4.47. The van der Waals surface area contributed by atoms with E-state index in [-0.39, 0.29) is 10.7 Å². The molecule has 156 valence electrons. The quantitative estimate of drug-likeness (QED) is 0.278. The Hall–Kier alpha value is -3.58. The average molecular weight is 441 g/mol. The molecule has 0 aliphatic rings. The van der Waals surface area contributed by atoms with Crippen molar-refractivity contribution < 1.29 is 13.2 Å². The first kappa shape index (κ1) is 20.7. The van der Waals surface area contributed by atoms with Crippen LogP contribution in [0.25, 0.3) is 16.9 Å². The summed E-state index contributed by atoms with van der Waals surface area (Å²) in [7, 11) is 0. The van der Waals surface area contributed by atoms with E-state index in [2.05, 4.69) is 15.6 Å². The number of benzene rings is 3. The highest BCUT2D eigenvalue weighted by Gasteiger charge is 2.30. The molecule has 0 atom stereocenters. The lowest BCUT2D eigenvalue weighted by molar-refractivity contribution is -0.137. The van der Waals surface area contributed by atoms with Crippen LogP contribution < -0.4 is 5.43 Å². The second-order valence-electron chi connectivity index (χ2n) is 6.64. The standard InChI is InChI=1S/C23H16ClF3N4/c24-20-12-11-18(23(25,26)27)13-21(20)29-28-14-17-15-31(19-9-5-2-6-10-19)30-22(17)16-7-3-1-4-8-16/h1-15,29H/b28-14+. The van der Waals surface area contributed by atoms with Gasteiger partial charge >= 0.3 is 6.18 Å². The highest BCUT2D eigenvalue weighted by atomic mass is 35.5. The number of hydrazone groups is 1. The predicted octanol–water partition coefficient (Wildman–Crippen LogP) is 6.66. The fraction of sp³-hybridized carbons (Fsp3) is 0.0435. The van der Waals surface area contributed by atoms with E-state index in [9.17, 15) is 13.2 Å². The third kappa shape index (κ3) is 4.78. The van der Waals surface area contributed by atoms with Crippen molar-refractivity contribution in [2.24, 2.45) is 5.10 Å². The lowest BCUT2D eigenvalue weighted by Gasteiger charge is -2.09. The molecule has 1 aromatic heterocycles. The Labute approximate surface area is 181 Å². The third-order valence-corrected chi connectivity index (χ3v) is 4.82. The molecule has 4 aromatic rings. The molecule has 0 aliphatic heterocycles. The monoisotopic (exact) mass is 440 g/mol. The maximum Gasteiger partial charge on any atom is 0.416 e. The Morgan fingerprint density at radius 1 is 0.935 bits per heavy atom. The molecule has 0 aliphatic carbocycles. The van der Waals surface area contributed by atoms with Crippen LogP contribution in [0.3, 0.4) is 0 Å². The van der Waals surface area contributed by atoms with Gasteiger partial charge in [0.25, 0.3) is 0 Å². The van der Waals surface area contributed by atoms with Crippen LogP contribution in [-0.4, -0.2) is 16.0 Å². The third-order valence-electron chi connectivity index (χ3n) is 4.49. The zero-order valence-electron chi connectivity index (χ0n) is 16.0. The van der Waals surface area contributed by atoms with Crippen LogP contribution in [-0.2, 0) is 6.18 Å². The molecule has 0 fully saturated rings. The van der Waals surface area contributed by atoms with Crippen molar-refractivity contribution >= 4 is 23.5 Å². The van der Waals surface area contributed by atoms with Crippen molar-refractivity contribution in [2.75, 3.05) is 5.43 Å². The molecule has 0 saturated carbocycles. The molecule has 0 spiro atoms. The van der Waals surface area contributed by atoms with Gasteiger partial charge in [-0.1, -0.05) is 60.1 Å². The highest BCUT2D eigenvalue weighted by molar-refractivity contribution is 6.33. The Morgan fingerprint density at radius 3 is 2.29 bits per heavy atom. The minimum Gasteiger partial charge on any atom is -0.277 e. The lowest BCUT2D eigenvalue weighted by Crippen LogP contribution is -2.05. The number of nitrogens with one attached hydrogen (secondary N) is 1. The minimum absolute atomic E-state index is 0.0597. The smallest absolute Gasteiger partial charge is 0.277 e. The van der Waals surface area contributed by atoms with Gasteiger partial charge < -0.3 is 0 Å². The molecule has 1 heterocycles. The van der Waals surface area contributed by atoms with Gasteiger partial charge in [-0.15, -0.1) is 0 Å². The maximum atomic E-state index is 13.0. The van der Waals surface area contributed by atoms with Crippen molar-refractivity contribution in [3.05, 3.63) is 101 Å². The summed E-state index contributed by atoms with van der Waals surface area (Å²) in [5.41, 5.74) is 4.98. The summed E-state index contributed by atoms with van der Waals surface area (Å²) in [5.74, 6) is 0. The molecule has 0 radical (unpaired) electrons. The molecule has 0 amide bonds. The Balaban J connectivity index is 1.67. The number of para-hydroxylation sites is 1. The van der Waals surface area contributed by atoms with Crippen molar-refractivity contribution in [3.8, 4) is 16.9 Å². The Bertz CT molecular complexity index is 1200.